The number of non-ortho nitro benzene ring substituents is 1. The number of nitrogens with zero attached hydrogens (tertiary/aromatic N) is 4. The molecule has 0 radical (unpaired) electrons. The third-order valence-electron chi connectivity index (χ3n) is 4.52. The van der Waals surface area contributed by atoms with Crippen LogP contribution in [0.5, 0.6) is 0 Å². The van der Waals surface area contributed by atoms with E-state index in [2.05, 4.69) is 27.1 Å². The molecular weight excluding hydrogens is 461 g/mol. The van der Waals surface area contributed by atoms with Crippen LogP contribution >= 0.6 is 22.6 Å². The summed E-state index contributed by atoms with van der Waals surface area (Å²) in [6, 6.07) is 8.07. The molecule has 1 aromatic carbocycles. The summed E-state index contributed by atoms with van der Waals surface area (Å²) >= 11 is 2.01. The van der Waals surface area contributed by atoms with E-state index in [0.717, 1.165) is 37.6 Å². The van der Waals surface area contributed by atoms with Gasteiger partial charge in [-0.05, 0) is 41.8 Å². The standard InChI is InChI=1S/C18H20IN5O3/c1-22-7-9-23(10-8-22)17-13(3-2-6-20-17)12-21-18(25)15-11-14(24(26)27)4-5-16(15)19/h2-6,11H,7-10,12H2,1H3,(H,21,25). The van der Waals surface area contributed by atoms with Crippen molar-refractivity contribution < 1.29 is 9.72 Å². The topological polar surface area (TPSA) is 91.6 Å². The number of hydrogen-bond acceptors (Lipinski definition) is 6. The van der Waals surface area contributed by atoms with Gasteiger partial charge in [-0.15, -0.1) is 0 Å². The molecule has 142 valence electrons. The summed E-state index contributed by atoms with van der Waals surface area (Å²) in [7, 11) is 2.09. The van der Waals surface area contributed by atoms with Crippen LogP contribution in [-0.4, -0.2) is 53.9 Å². The Labute approximate surface area is 170 Å². The fourth-order valence-corrected chi connectivity index (χ4v) is 3.52. The first kappa shape index (κ1) is 19.5. The van der Waals surface area contributed by atoms with Crippen molar-refractivity contribution in [1.82, 2.24) is 15.2 Å². The lowest BCUT2D eigenvalue weighted by Gasteiger charge is -2.34. The molecule has 8 nitrogen and oxygen atoms in total. The van der Waals surface area contributed by atoms with E-state index in [1.165, 1.54) is 12.1 Å². The minimum atomic E-state index is -0.501. The summed E-state index contributed by atoms with van der Waals surface area (Å²) in [5.74, 6) is 0.538. The molecule has 2 heterocycles. The average Bonchev–Trinajstić information content (AvgIpc) is 2.67. The van der Waals surface area contributed by atoms with Gasteiger partial charge < -0.3 is 15.1 Å². The molecule has 1 aliphatic rings. The molecule has 0 unspecified atom stereocenters. The zero-order valence-electron chi connectivity index (χ0n) is 14.9. The molecule has 1 aliphatic heterocycles. The highest BCUT2D eigenvalue weighted by molar-refractivity contribution is 14.1. The van der Waals surface area contributed by atoms with Crippen molar-refractivity contribution in [1.29, 1.82) is 0 Å². The number of anilines is 1. The van der Waals surface area contributed by atoms with Crippen LogP contribution in [0.15, 0.2) is 36.5 Å². The number of amides is 1. The van der Waals surface area contributed by atoms with E-state index >= 15 is 0 Å². The number of nitro groups is 1. The number of carbonyl (C=O) groups is 1. The highest BCUT2D eigenvalue weighted by Gasteiger charge is 2.19. The quantitative estimate of drug-likeness (QED) is 0.401. The van der Waals surface area contributed by atoms with Crippen LogP contribution < -0.4 is 10.2 Å². The van der Waals surface area contributed by atoms with Gasteiger partial charge in [0.15, 0.2) is 0 Å². The molecule has 1 fully saturated rings. The van der Waals surface area contributed by atoms with Crippen molar-refractivity contribution in [3.05, 3.63) is 61.3 Å². The van der Waals surface area contributed by atoms with Gasteiger partial charge in [0.25, 0.3) is 11.6 Å². The van der Waals surface area contributed by atoms with Crippen LogP contribution in [0.3, 0.4) is 0 Å². The van der Waals surface area contributed by atoms with Crippen LogP contribution in [0, 0.1) is 13.7 Å². The molecule has 0 spiro atoms. The van der Waals surface area contributed by atoms with Crippen LogP contribution in [0.1, 0.15) is 15.9 Å². The molecule has 1 aromatic heterocycles. The van der Waals surface area contributed by atoms with Gasteiger partial charge in [0.2, 0.25) is 0 Å². The van der Waals surface area contributed by atoms with Crippen LogP contribution in [0.2, 0.25) is 0 Å². The number of nitro benzene ring substituents is 1. The van der Waals surface area contributed by atoms with Crippen LogP contribution in [0.4, 0.5) is 11.5 Å². The average molecular weight is 481 g/mol. The van der Waals surface area contributed by atoms with E-state index in [0.29, 0.717) is 15.7 Å². The second kappa shape index (κ2) is 8.61. The molecule has 0 bridgehead atoms. The fraction of sp³-hybridized carbons (Fsp3) is 0.333. The molecule has 1 saturated heterocycles. The zero-order valence-corrected chi connectivity index (χ0v) is 17.0. The molecule has 0 atom stereocenters. The van der Waals surface area contributed by atoms with Gasteiger partial charge in [0, 0.05) is 60.2 Å². The molecule has 0 aliphatic carbocycles. The Kier molecular flexibility index (Phi) is 6.22. The third-order valence-corrected chi connectivity index (χ3v) is 5.46. The van der Waals surface area contributed by atoms with E-state index in [-0.39, 0.29) is 11.6 Å². The van der Waals surface area contributed by atoms with Crippen molar-refractivity contribution in [3.8, 4) is 0 Å². The summed E-state index contributed by atoms with van der Waals surface area (Å²) in [6.45, 7) is 4.02. The Balaban J connectivity index is 1.73. The molecule has 9 heteroatoms. The monoisotopic (exact) mass is 481 g/mol. The lowest BCUT2D eigenvalue weighted by Crippen LogP contribution is -2.45. The minimum absolute atomic E-state index is 0.0972. The predicted octanol–water partition coefficient (Wildman–Crippen LogP) is 2.28. The fourth-order valence-electron chi connectivity index (χ4n) is 2.94. The minimum Gasteiger partial charge on any atom is -0.354 e. The van der Waals surface area contributed by atoms with E-state index in [1.54, 1.807) is 12.3 Å². The number of carbonyl (C=O) groups excluding carboxylic acids is 1. The van der Waals surface area contributed by atoms with Gasteiger partial charge in [-0.2, -0.15) is 0 Å². The Hall–Kier alpha value is -2.27. The SMILES string of the molecule is CN1CCN(c2ncccc2CNC(=O)c2cc([N+](=O)[O-])ccc2I)CC1. The lowest BCUT2D eigenvalue weighted by atomic mass is 10.1. The third kappa shape index (κ3) is 4.72. The summed E-state index contributed by atoms with van der Waals surface area (Å²) in [5, 5.41) is 13.8. The van der Waals surface area contributed by atoms with Crippen LogP contribution in [-0.2, 0) is 6.54 Å². The molecule has 3 rings (SSSR count). The van der Waals surface area contributed by atoms with Gasteiger partial charge in [-0.25, -0.2) is 4.98 Å². The van der Waals surface area contributed by atoms with E-state index in [4.69, 9.17) is 0 Å². The van der Waals surface area contributed by atoms with Crippen molar-refractivity contribution in [3.63, 3.8) is 0 Å². The van der Waals surface area contributed by atoms with Crippen molar-refractivity contribution in [2.75, 3.05) is 38.1 Å². The molecule has 1 N–H and O–H groups in total. The summed E-state index contributed by atoms with van der Waals surface area (Å²) < 4.78 is 0.668. The number of likely N-dealkylation sites (N-methyl/N-ethyl adjacent to an activating group) is 1. The highest BCUT2D eigenvalue weighted by atomic mass is 127. The van der Waals surface area contributed by atoms with Crippen molar-refractivity contribution >= 4 is 40.0 Å². The largest absolute Gasteiger partial charge is 0.354 e. The number of hydrogen-bond donors (Lipinski definition) is 1. The zero-order chi connectivity index (χ0) is 19.4. The van der Waals surface area contributed by atoms with Gasteiger partial charge >= 0.3 is 0 Å². The molecular formula is C18H20IN5O3. The van der Waals surface area contributed by atoms with Crippen molar-refractivity contribution in [2.24, 2.45) is 0 Å². The molecule has 0 saturated carbocycles. The first-order valence-corrected chi connectivity index (χ1v) is 9.63. The van der Waals surface area contributed by atoms with Gasteiger partial charge in [0.1, 0.15) is 5.82 Å². The number of nitrogens with one attached hydrogen (secondary N) is 1. The first-order chi connectivity index (χ1) is 13.0. The van der Waals surface area contributed by atoms with E-state index in [1.807, 2.05) is 34.7 Å². The maximum absolute atomic E-state index is 12.6. The number of piperazine rings is 1. The van der Waals surface area contributed by atoms with E-state index in [9.17, 15) is 14.9 Å². The Morgan fingerprint density at radius 3 is 2.74 bits per heavy atom. The Morgan fingerprint density at radius 1 is 1.30 bits per heavy atom. The van der Waals surface area contributed by atoms with Gasteiger partial charge in [-0.3, -0.25) is 14.9 Å². The second-order valence-electron chi connectivity index (χ2n) is 6.38. The lowest BCUT2D eigenvalue weighted by molar-refractivity contribution is -0.384. The highest BCUT2D eigenvalue weighted by Crippen LogP contribution is 2.21. The molecule has 2 aromatic rings. The number of pyridine rings is 1. The maximum Gasteiger partial charge on any atom is 0.270 e. The molecule has 27 heavy (non-hydrogen) atoms. The number of aromatic nitrogens is 1. The summed E-state index contributed by atoms with van der Waals surface area (Å²) in [4.78, 5) is 32.0. The number of rotatable bonds is 5. The maximum atomic E-state index is 12.6. The van der Waals surface area contributed by atoms with Crippen molar-refractivity contribution in [2.45, 2.75) is 6.54 Å². The first-order valence-electron chi connectivity index (χ1n) is 8.55. The van der Waals surface area contributed by atoms with Crippen LogP contribution in [0.25, 0.3) is 0 Å². The number of halogens is 1. The Bertz CT molecular complexity index is 853. The van der Waals surface area contributed by atoms with Gasteiger partial charge in [0.05, 0.1) is 10.5 Å². The number of benzene rings is 1. The van der Waals surface area contributed by atoms with E-state index < -0.39 is 4.92 Å². The summed E-state index contributed by atoms with van der Waals surface area (Å²) in [5.41, 5.74) is 1.13. The normalized spacial score (nSPS) is 14.8. The predicted molar refractivity (Wildman–Crippen MR) is 111 cm³/mol. The van der Waals surface area contributed by atoms with Gasteiger partial charge in [-0.1, -0.05) is 6.07 Å². The summed E-state index contributed by atoms with van der Waals surface area (Å²) in [6.07, 6.45) is 1.75. The smallest absolute Gasteiger partial charge is 0.270 e. The Morgan fingerprint density at radius 2 is 2.04 bits per heavy atom. The second-order valence-corrected chi connectivity index (χ2v) is 7.54. The molecule has 1 amide bonds.